The van der Waals surface area contributed by atoms with E-state index in [-0.39, 0.29) is 17.4 Å². The number of benzene rings is 2. The van der Waals surface area contributed by atoms with Gasteiger partial charge in [-0.05, 0) is 55.3 Å². The van der Waals surface area contributed by atoms with Crippen molar-refractivity contribution in [1.82, 2.24) is 10.3 Å². The second-order valence-corrected chi connectivity index (χ2v) is 6.75. The first-order valence-electron chi connectivity index (χ1n) is 7.76. The second kappa shape index (κ2) is 6.94. The Bertz CT molecular complexity index is 934. The average Bonchev–Trinajstić information content (AvgIpc) is 3.06. The molecule has 25 heavy (non-hydrogen) atoms. The molecule has 0 saturated heterocycles. The van der Waals surface area contributed by atoms with Gasteiger partial charge in [0.2, 0.25) is 0 Å². The fourth-order valence-corrected chi connectivity index (χ4v) is 3.09. The summed E-state index contributed by atoms with van der Waals surface area (Å²) < 4.78 is 0. The number of hydrogen-bond donors (Lipinski definition) is 3. The van der Waals surface area contributed by atoms with Crippen molar-refractivity contribution in [2.75, 3.05) is 0 Å². The molecule has 0 bridgehead atoms. The van der Waals surface area contributed by atoms with Crippen molar-refractivity contribution in [3.63, 3.8) is 0 Å². The van der Waals surface area contributed by atoms with Gasteiger partial charge in [-0.25, -0.2) is 4.98 Å². The van der Waals surface area contributed by atoms with Crippen LogP contribution in [0.4, 0.5) is 0 Å². The number of thiazole rings is 1. The summed E-state index contributed by atoms with van der Waals surface area (Å²) in [7, 11) is 0. The number of carbonyl (C=O) groups is 1. The number of nitrogens with zero attached hydrogens (tertiary/aromatic N) is 1. The van der Waals surface area contributed by atoms with Crippen LogP contribution in [0.2, 0.25) is 0 Å². The first-order valence-corrected chi connectivity index (χ1v) is 8.64. The van der Waals surface area contributed by atoms with E-state index in [1.807, 2.05) is 37.4 Å². The van der Waals surface area contributed by atoms with Crippen LogP contribution in [0.5, 0.6) is 11.5 Å². The first-order chi connectivity index (χ1) is 11.9. The summed E-state index contributed by atoms with van der Waals surface area (Å²) in [6.07, 6.45) is 0. The molecule has 2 aromatic carbocycles. The Labute approximate surface area is 149 Å². The largest absolute Gasteiger partial charge is 0.504 e. The number of nitrogens with one attached hydrogen (secondary N) is 1. The number of amides is 1. The third kappa shape index (κ3) is 3.80. The Kier molecular flexibility index (Phi) is 4.72. The third-order valence-electron chi connectivity index (χ3n) is 3.99. The van der Waals surface area contributed by atoms with E-state index < -0.39 is 0 Å². The summed E-state index contributed by atoms with van der Waals surface area (Å²) in [4.78, 5) is 16.7. The molecule has 1 aromatic heterocycles. The molecular formula is C19H18N2O3S. The summed E-state index contributed by atoms with van der Waals surface area (Å²) >= 11 is 1.43. The zero-order chi connectivity index (χ0) is 18.0. The topological polar surface area (TPSA) is 82.5 Å². The highest BCUT2D eigenvalue weighted by Crippen LogP contribution is 2.31. The minimum atomic E-state index is -0.185. The highest BCUT2D eigenvalue weighted by atomic mass is 32.1. The van der Waals surface area contributed by atoms with E-state index in [0.717, 1.165) is 16.1 Å². The molecule has 0 spiro atoms. The van der Waals surface area contributed by atoms with Crippen LogP contribution in [0.25, 0.3) is 11.3 Å². The minimum absolute atomic E-state index is 0.137. The maximum atomic E-state index is 12.2. The molecule has 0 aliphatic carbocycles. The third-order valence-corrected chi connectivity index (χ3v) is 4.84. The zero-order valence-electron chi connectivity index (χ0n) is 13.9. The van der Waals surface area contributed by atoms with Crippen LogP contribution in [-0.2, 0) is 6.54 Å². The number of hydrogen-bond acceptors (Lipinski definition) is 5. The first kappa shape index (κ1) is 17.0. The minimum Gasteiger partial charge on any atom is -0.504 e. The van der Waals surface area contributed by atoms with Crippen molar-refractivity contribution in [3.8, 4) is 22.8 Å². The van der Waals surface area contributed by atoms with Crippen LogP contribution in [0.1, 0.15) is 26.5 Å². The second-order valence-electron chi connectivity index (χ2n) is 5.81. The van der Waals surface area contributed by atoms with Crippen LogP contribution in [-0.4, -0.2) is 21.1 Å². The van der Waals surface area contributed by atoms with Gasteiger partial charge in [0, 0.05) is 16.5 Å². The fraction of sp³-hybridized carbons (Fsp3) is 0.158. The van der Waals surface area contributed by atoms with E-state index in [0.29, 0.717) is 23.4 Å². The number of aromatic hydroxyl groups is 2. The SMILES string of the molecule is Cc1ccc(C(=O)NCc2nc(-c3ccc(O)c(O)c3)cs2)cc1C. The van der Waals surface area contributed by atoms with Crippen molar-refractivity contribution in [3.05, 3.63) is 63.5 Å². The molecule has 3 N–H and O–H groups in total. The Morgan fingerprint density at radius 1 is 1.08 bits per heavy atom. The van der Waals surface area contributed by atoms with Gasteiger partial charge < -0.3 is 15.5 Å². The highest BCUT2D eigenvalue weighted by Gasteiger charge is 2.10. The monoisotopic (exact) mass is 354 g/mol. The zero-order valence-corrected chi connectivity index (χ0v) is 14.7. The van der Waals surface area contributed by atoms with Gasteiger partial charge >= 0.3 is 0 Å². The molecule has 0 radical (unpaired) electrons. The van der Waals surface area contributed by atoms with E-state index in [1.54, 1.807) is 6.07 Å². The van der Waals surface area contributed by atoms with Gasteiger partial charge in [-0.1, -0.05) is 6.07 Å². The van der Waals surface area contributed by atoms with Crippen molar-refractivity contribution >= 4 is 17.2 Å². The lowest BCUT2D eigenvalue weighted by Gasteiger charge is -2.06. The van der Waals surface area contributed by atoms with E-state index in [4.69, 9.17) is 0 Å². The molecule has 6 heteroatoms. The predicted molar refractivity (Wildman–Crippen MR) is 98.0 cm³/mol. The Morgan fingerprint density at radius 3 is 2.60 bits per heavy atom. The molecule has 0 aliphatic heterocycles. The lowest BCUT2D eigenvalue weighted by Crippen LogP contribution is -2.22. The quantitative estimate of drug-likeness (QED) is 0.623. The van der Waals surface area contributed by atoms with Crippen LogP contribution in [0, 0.1) is 13.8 Å². The Balaban J connectivity index is 1.68. The summed E-state index contributed by atoms with van der Waals surface area (Å²) in [5.74, 6) is -0.489. The molecule has 0 saturated carbocycles. The normalized spacial score (nSPS) is 10.6. The average molecular weight is 354 g/mol. The molecular weight excluding hydrogens is 336 g/mol. The fourth-order valence-electron chi connectivity index (χ4n) is 2.35. The molecule has 0 atom stereocenters. The standard InChI is InChI=1S/C19H18N2O3S/c1-11-3-4-14(7-12(11)2)19(24)20-9-18-21-15(10-25-18)13-5-6-16(22)17(23)8-13/h3-8,10,22-23H,9H2,1-2H3,(H,20,24). The number of aromatic nitrogens is 1. The number of aryl methyl sites for hydroxylation is 2. The van der Waals surface area contributed by atoms with Crippen molar-refractivity contribution in [2.24, 2.45) is 0 Å². The van der Waals surface area contributed by atoms with Crippen LogP contribution < -0.4 is 5.32 Å². The molecule has 3 aromatic rings. The lowest BCUT2D eigenvalue weighted by molar-refractivity contribution is 0.0951. The molecule has 1 amide bonds. The van der Waals surface area contributed by atoms with Crippen molar-refractivity contribution < 1.29 is 15.0 Å². The molecule has 0 unspecified atom stereocenters. The van der Waals surface area contributed by atoms with E-state index in [2.05, 4.69) is 10.3 Å². The van der Waals surface area contributed by atoms with Crippen LogP contribution in [0.3, 0.4) is 0 Å². The molecule has 0 fully saturated rings. The van der Waals surface area contributed by atoms with E-state index in [9.17, 15) is 15.0 Å². The maximum Gasteiger partial charge on any atom is 0.251 e. The number of carbonyl (C=O) groups excluding carboxylic acids is 1. The van der Waals surface area contributed by atoms with Crippen molar-refractivity contribution in [1.29, 1.82) is 0 Å². The summed E-state index contributed by atoms with van der Waals surface area (Å²) in [6.45, 7) is 4.32. The van der Waals surface area contributed by atoms with Gasteiger partial charge in [0.1, 0.15) is 5.01 Å². The Hall–Kier alpha value is -2.86. The van der Waals surface area contributed by atoms with Gasteiger partial charge in [-0.15, -0.1) is 11.3 Å². The molecule has 3 rings (SSSR count). The Morgan fingerprint density at radius 2 is 1.88 bits per heavy atom. The van der Waals surface area contributed by atoms with Crippen molar-refractivity contribution in [2.45, 2.75) is 20.4 Å². The van der Waals surface area contributed by atoms with Gasteiger partial charge in [-0.3, -0.25) is 4.79 Å². The number of rotatable bonds is 4. The van der Waals surface area contributed by atoms with E-state index in [1.165, 1.54) is 23.5 Å². The van der Waals surface area contributed by atoms with Gasteiger partial charge in [0.15, 0.2) is 11.5 Å². The smallest absolute Gasteiger partial charge is 0.251 e. The number of phenolic OH excluding ortho intramolecular Hbond substituents is 2. The molecule has 1 heterocycles. The summed E-state index contributed by atoms with van der Waals surface area (Å²) in [6, 6.07) is 10.2. The molecule has 5 nitrogen and oxygen atoms in total. The van der Waals surface area contributed by atoms with Gasteiger partial charge in [-0.2, -0.15) is 0 Å². The van der Waals surface area contributed by atoms with E-state index >= 15 is 0 Å². The van der Waals surface area contributed by atoms with Crippen LogP contribution in [0.15, 0.2) is 41.8 Å². The van der Waals surface area contributed by atoms with Crippen LogP contribution >= 0.6 is 11.3 Å². The maximum absolute atomic E-state index is 12.2. The van der Waals surface area contributed by atoms with Gasteiger partial charge in [0.25, 0.3) is 5.91 Å². The number of phenols is 2. The molecule has 128 valence electrons. The summed E-state index contributed by atoms with van der Waals surface area (Å²) in [5, 5.41) is 24.4. The lowest BCUT2D eigenvalue weighted by atomic mass is 10.1. The van der Waals surface area contributed by atoms with Gasteiger partial charge in [0.05, 0.1) is 12.2 Å². The highest BCUT2D eigenvalue weighted by molar-refractivity contribution is 7.09. The summed E-state index contributed by atoms with van der Waals surface area (Å²) in [5.41, 5.74) is 4.26. The predicted octanol–water partition coefficient (Wildman–Crippen LogP) is 3.77. The molecule has 0 aliphatic rings.